The predicted molar refractivity (Wildman–Crippen MR) is 94.2 cm³/mol. The van der Waals surface area contributed by atoms with Crippen molar-refractivity contribution in [3.05, 3.63) is 41.2 Å². The molecule has 26 heavy (non-hydrogen) atoms. The summed E-state index contributed by atoms with van der Waals surface area (Å²) >= 11 is 0. The quantitative estimate of drug-likeness (QED) is 0.494. The molecule has 11 nitrogen and oxygen atoms in total. The highest BCUT2D eigenvalue weighted by molar-refractivity contribution is 5.94. The van der Waals surface area contributed by atoms with Crippen molar-refractivity contribution >= 4 is 23.6 Å². The van der Waals surface area contributed by atoms with Crippen LogP contribution in [0.5, 0.6) is 0 Å². The molecule has 1 aromatic carbocycles. The van der Waals surface area contributed by atoms with Crippen molar-refractivity contribution in [1.29, 1.82) is 0 Å². The molecule has 0 aliphatic rings. The average molecular weight is 355 g/mol. The van der Waals surface area contributed by atoms with E-state index in [4.69, 9.17) is 5.73 Å². The first kappa shape index (κ1) is 17.1. The molecule has 0 aliphatic heterocycles. The number of amides is 1. The van der Waals surface area contributed by atoms with Gasteiger partial charge in [-0.2, -0.15) is 9.78 Å². The highest BCUT2D eigenvalue weighted by Gasteiger charge is 2.20. The number of nitrogen functional groups attached to an aromatic ring is 1. The molecule has 3 N–H and O–H groups in total. The van der Waals surface area contributed by atoms with Gasteiger partial charge < -0.3 is 10.6 Å². The Hall–Kier alpha value is -3.76. The van der Waals surface area contributed by atoms with E-state index in [-0.39, 0.29) is 17.3 Å². The van der Waals surface area contributed by atoms with Gasteiger partial charge in [-0.15, -0.1) is 5.10 Å². The van der Waals surface area contributed by atoms with Gasteiger partial charge in [0.05, 0.1) is 11.9 Å². The first-order valence-electron chi connectivity index (χ1n) is 7.59. The summed E-state index contributed by atoms with van der Waals surface area (Å²) in [5, 5.41) is 18.7. The van der Waals surface area contributed by atoms with Crippen molar-refractivity contribution in [3.8, 4) is 5.82 Å². The van der Waals surface area contributed by atoms with Crippen LogP contribution in [0.3, 0.4) is 0 Å². The molecule has 0 fully saturated rings. The normalized spacial score (nSPS) is 11.0. The molecule has 3 rings (SSSR count). The van der Waals surface area contributed by atoms with Crippen LogP contribution in [0.1, 0.15) is 21.7 Å². The standard InChI is InChI=1S/C15H17N9O2/c1-9-12(18-22-24(9)14-13(16)20-26-21-14)15(25)19-17-8-10-4-6-11(7-5-10)23(2)3/h4-8H,1-3H3,(H2,16,20)(H,19,25). The lowest BCUT2D eigenvalue weighted by molar-refractivity contribution is 0.0949. The Morgan fingerprint density at radius 3 is 2.65 bits per heavy atom. The van der Waals surface area contributed by atoms with Crippen molar-refractivity contribution in [2.75, 3.05) is 24.7 Å². The number of nitrogens with two attached hydrogens (primary N) is 1. The van der Waals surface area contributed by atoms with Gasteiger partial charge >= 0.3 is 0 Å². The zero-order chi connectivity index (χ0) is 18.7. The maximum Gasteiger partial charge on any atom is 0.293 e. The van der Waals surface area contributed by atoms with E-state index in [9.17, 15) is 4.79 Å². The molecule has 0 spiro atoms. The van der Waals surface area contributed by atoms with Crippen LogP contribution in [0.15, 0.2) is 34.0 Å². The Kier molecular flexibility index (Phi) is 4.60. The number of nitrogens with zero attached hydrogens (tertiary/aromatic N) is 7. The summed E-state index contributed by atoms with van der Waals surface area (Å²) in [5.41, 5.74) is 10.5. The Bertz CT molecular complexity index is 940. The summed E-state index contributed by atoms with van der Waals surface area (Å²) in [6.07, 6.45) is 1.54. The third kappa shape index (κ3) is 3.36. The van der Waals surface area contributed by atoms with Gasteiger partial charge in [0.25, 0.3) is 5.91 Å². The van der Waals surface area contributed by atoms with E-state index in [0.29, 0.717) is 5.69 Å². The van der Waals surface area contributed by atoms with Crippen LogP contribution in [-0.2, 0) is 0 Å². The Balaban J connectivity index is 1.69. The number of nitrogens with one attached hydrogen (secondary N) is 1. The zero-order valence-corrected chi connectivity index (χ0v) is 14.4. The van der Waals surface area contributed by atoms with Crippen molar-refractivity contribution < 1.29 is 9.42 Å². The monoisotopic (exact) mass is 355 g/mol. The van der Waals surface area contributed by atoms with Crippen molar-refractivity contribution in [2.45, 2.75) is 6.92 Å². The fourth-order valence-electron chi connectivity index (χ4n) is 2.15. The second-order valence-corrected chi connectivity index (χ2v) is 5.59. The lowest BCUT2D eigenvalue weighted by Gasteiger charge is -2.11. The Morgan fingerprint density at radius 1 is 1.31 bits per heavy atom. The second kappa shape index (κ2) is 7.01. The topological polar surface area (TPSA) is 140 Å². The molecule has 0 saturated heterocycles. The molecule has 0 unspecified atom stereocenters. The summed E-state index contributed by atoms with van der Waals surface area (Å²) in [6, 6.07) is 7.70. The Labute approximate surface area is 148 Å². The highest BCUT2D eigenvalue weighted by Crippen LogP contribution is 2.14. The minimum atomic E-state index is -0.509. The van der Waals surface area contributed by atoms with E-state index < -0.39 is 5.91 Å². The molecule has 0 bridgehead atoms. The van der Waals surface area contributed by atoms with E-state index in [1.54, 1.807) is 6.92 Å². The van der Waals surface area contributed by atoms with Gasteiger partial charge in [-0.25, -0.2) is 10.1 Å². The Morgan fingerprint density at radius 2 is 2.04 bits per heavy atom. The minimum Gasteiger partial charge on any atom is -0.378 e. The summed E-state index contributed by atoms with van der Waals surface area (Å²) in [6.45, 7) is 1.65. The minimum absolute atomic E-state index is 0.0455. The molecule has 0 aliphatic carbocycles. The van der Waals surface area contributed by atoms with Gasteiger partial charge in [-0.1, -0.05) is 17.3 Å². The van der Waals surface area contributed by atoms with Crippen LogP contribution >= 0.6 is 0 Å². The van der Waals surface area contributed by atoms with Crippen LogP contribution < -0.4 is 16.1 Å². The lowest BCUT2D eigenvalue weighted by atomic mass is 10.2. The maximum atomic E-state index is 12.2. The van der Waals surface area contributed by atoms with Crippen LogP contribution in [0.4, 0.5) is 11.5 Å². The van der Waals surface area contributed by atoms with Crippen molar-refractivity contribution in [1.82, 2.24) is 30.7 Å². The van der Waals surface area contributed by atoms with Crippen LogP contribution in [0.25, 0.3) is 5.82 Å². The van der Waals surface area contributed by atoms with Gasteiger partial charge in [-0.3, -0.25) is 4.79 Å². The average Bonchev–Trinajstić information content (AvgIpc) is 3.20. The number of carbonyl (C=O) groups excluding carboxylic acids is 1. The third-order valence-electron chi connectivity index (χ3n) is 3.60. The molecule has 2 aromatic heterocycles. The third-order valence-corrected chi connectivity index (χ3v) is 3.60. The van der Waals surface area contributed by atoms with Crippen LogP contribution in [0, 0.1) is 6.92 Å². The molecular formula is C15H17N9O2. The number of hydrogen-bond acceptors (Lipinski definition) is 9. The molecule has 134 valence electrons. The van der Waals surface area contributed by atoms with Gasteiger partial charge in [0.1, 0.15) is 0 Å². The van der Waals surface area contributed by atoms with E-state index in [2.05, 4.69) is 35.8 Å². The van der Waals surface area contributed by atoms with Gasteiger partial charge in [0.15, 0.2) is 5.69 Å². The van der Waals surface area contributed by atoms with E-state index in [1.807, 2.05) is 43.3 Å². The second-order valence-electron chi connectivity index (χ2n) is 5.59. The number of benzene rings is 1. The molecular weight excluding hydrogens is 338 g/mol. The van der Waals surface area contributed by atoms with Gasteiger partial charge in [0.2, 0.25) is 11.6 Å². The first-order chi connectivity index (χ1) is 12.5. The fraction of sp³-hybridized carbons (Fsp3) is 0.200. The molecule has 0 saturated carbocycles. The maximum absolute atomic E-state index is 12.2. The van der Waals surface area contributed by atoms with E-state index in [0.717, 1.165) is 11.3 Å². The summed E-state index contributed by atoms with van der Waals surface area (Å²) in [7, 11) is 3.92. The number of hydrazone groups is 1. The number of carbonyl (C=O) groups is 1. The number of rotatable bonds is 5. The van der Waals surface area contributed by atoms with E-state index in [1.165, 1.54) is 10.9 Å². The molecule has 0 atom stereocenters. The summed E-state index contributed by atoms with van der Waals surface area (Å²) in [5.74, 6) is -0.298. The summed E-state index contributed by atoms with van der Waals surface area (Å²) in [4.78, 5) is 14.2. The fourth-order valence-corrected chi connectivity index (χ4v) is 2.15. The molecule has 1 amide bonds. The van der Waals surface area contributed by atoms with Crippen molar-refractivity contribution in [3.63, 3.8) is 0 Å². The molecule has 2 heterocycles. The largest absolute Gasteiger partial charge is 0.378 e. The summed E-state index contributed by atoms with van der Waals surface area (Å²) < 4.78 is 5.79. The van der Waals surface area contributed by atoms with E-state index >= 15 is 0 Å². The van der Waals surface area contributed by atoms with Crippen LogP contribution in [-0.4, -0.2) is 51.5 Å². The number of anilines is 2. The van der Waals surface area contributed by atoms with Crippen LogP contribution in [0.2, 0.25) is 0 Å². The van der Waals surface area contributed by atoms with Gasteiger partial charge in [0, 0.05) is 19.8 Å². The van der Waals surface area contributed by atoms with Crippen molar-refractivity contribution in [2.24, 2.45) is 5.10 Å². The molecule has 3 aromatic rings. The van der Waals surface area contributed by atoms with Gasteiger partial charge in [-0.05, 0) is 34.9 Å². The number of aromatic nitrogens is 5. The predicted octanol–water partition coefficient (Wildman–Crippen LogP) is 0.371. The number of hydrogen-bond donors (Lipinski definition) is 2. The zero-order valence-electron chi connectivity index (χ0n) is 14.4. The molecule has 0 radical (unpaired) electrons. The lowest BCUT2D eigenvalue weighted by Crippen LogP contribution is -2.19. The SMILES string of the molecule is Cc1c(C(=O)NN=Cc2ccc(N(C)C)cc2)nnn1-c1nonc1N. The smallest absolute Gasteiger partial charge is 0.293 e. The molecule has 11 heteroatoms. The first-order valence-corrected chi connectivity index (χ1v) is 7.59. The highest BCUT2D eigenvalue weighted by atomic mass is 16.6.